The van der Waals surface area contributed by atoms with Gasteiger partial charge in [-0.1, -0.05) is 85.2 Å². The van der Waals surface area contributed by atoms with Crippen molar-refractivity contribution in [1.29, 1.82) is 0 Å². The number of phosphoric acid groups is 1. The highest BCUT2D eigenvalue weighted by Gasteiger charge is 2.46. The fraction of sp³-hybridized carbons (Fsp3) is 0.672. The van der Waals surface area contributed by atoms with Crippen LogP contribution in [0.1, 0.15) is 99.7 Å². The van der Waals surface area contributed by atoms with Gasteiger partial charge in [-0.05, 0) is 64.1 Å². The first-order valence-electron chi connectivity index (χ1n) is 29.7. The first-order chi connectivity index (χ1) is 41.8. The van der Waals surface area contributed by atoms with Gasteiger partial charge in [-0.15, -0.1) is 0 Å². The minimum Gasteiger partial charge on any atom is -0.379 e. The monoisotopic (exact) mass is 1280 g/mol. The highest BCUT2D eigenvalue weighted by molar-refractivity contribution is 7.46. The summed E-state index contributed by atoms with van der Waals surface area (Å²) >= 11 is 0. The summed E-state index contributed by atoms with van der Waals surface area (Å²) in [5.74, 6) is -8.20. The van der Waals surface area contributed by atoms with Crippen LogP contribution < -0.4 is 42.5 Å². The van der Waals surface area contributed by atoms with Gasteiger partial charge in [0.15, 0.2) is 0 Å². The maximum absolute atomic E-state index is 14.7. The summed E-state index contributed by atoms with van der Waals surface area (Å²) in [7, 11) is 3.47. The van der Waals surface area contributed by atoms with E-state index in [1.54, 1.807) is 61.0 Å². The summed E-state index contributed by atoms with van der Waals surface area (Å²) in [5, 5.41) is 20.0. The van der Waals surface area contributed by atoms with E-state index in [4.69, 9.17) is 24.0 Å². The van der Waals surface area contributed by atoms with Gasteiger partial charge >= 0.3 is 7.82 Å². The van der Waals surface area contributed by atoms with Crippen LogP contribution in [-0.2, 0) is 76.0 Å². The lowest BCUT2D eigenvalue weighted by Crippen LogP contribution is -2.60. The number of imide groups is 1. The molecule has 2 aliphatic rings. The average Bonchev–Trinajstić information content (AvgIpc) is 3.87. The molecule has 2 heterocycles. The Balaban J connectivity index is 1.57. The molecule has 0 spiro atoms. The van der Waals surface area contributed by atoms with Gasteiger partial charge in [0.25, 0.3) is 11.8 Å². The second-order valence-electron chi connectivity index (χ2n) is 23.2. The largest absolute Gasteiger partial charge is 0.470 e. The second-order valence-corrected chi connectivity index (χ2v) is 24.4. The second kappa shape index (κ2) is 36.8. The third-order valence-corrected chi connectivity index (χ3v) is 16.2. The number of phosphoric ester groups is 1. The zero-order chi connectivity index (χ0) is 67.0. The summed E-state index contributed by atoms with van der Waals surface area (Å²) in [4.78, 5) is 168. The topological polar surface area (TPSA) is 391 Å². The van der Waals surface area contributed by atoms with Crippen molar-refractivity contribution in [2.75, 3.05) is 81.5 Å². The maximum atomic E-state index is 14.7. The van der Waals surface area contributed by atoms with Crippen molar-refractivity contribution in [2.24, 2.45) is 23.7 Å². The summed E-state index contributed by atoms with van der Waals surface area (Å²) < 4.78 is 33.5. The molecular weight excluding hydrogens is 1180 g/mol. The van der Waals surface area contributed by atoms with Gasteiger partial charge in [0.1, 0.15) is 31.6 Å². The van der Waals surface area contributed by atoms with E-state index in [1.165, 1.54) is 14.2 Å². The Hall–Kier alpha value is -6.76. The number of carbonyl (C=O) groups is 11. The van der Waals surface area contributed by atoms with E-state index in [9.17, 15) is 57.3 Å². The predicted octanol–water partition coefficient (Wildman–Crippen LogP) is -1.23. The van der Waals surface area contributed by atoms with Crippen LogP contribution in [0.25, 0.3) is 0 Å². The minimum atomic E-state index is -4.88. The van der Waals surface area contributed by atoms with Gasteiger partial charge in [0.05, 0.1) is 74.9 Å². The van der Waals surface area contributed by atoms with E-state index < -0.39 is 155 Å². The molecule has 89 heavy (non-hydrogen) atoms. The number of hydrogen-bond donors (Lipinski definition) is 10. The Bertz CT molecular complexity index is 2640. The SMILES string of the molecule is CC[C@H](C)[C@@H]([C@@H](CC(=O)N1[C@@H](C)CC[C@H]1[C@H](OC)[C@@H](C)C(=O)N[C@H](C)[C@@H](OCNC(=O)CNC(=O)CNC(=O)CNC(=O)CNC(=O)[C@H](CNCOP(=O)(O)O)N1C(=O)C=CC1=O)c1ccccc1)OC)N(C)C(=O)C(NC(=O)[C@H](C(C)C)N(C)C)C(C)C. The zero-order valence-electron chi connectivity index (χ0n) is 53.6. The third-order valence-electron chi connectivity index (χ3n) is 15.7. The van der Waals surface area contributed by atoms with Crippen molar-refractivity contribution >= 4 is 72.8 Å². The molecule has 0 bridgehead atoms. The molecule has 10 N–H and O–H groups in total. The summed E-state index contributed by atoms with van der Waals surface area (Å²) in [6.45, 7) is 12.9. The number of hydrogen-bond acceptors (Lipinski definition) is 18. The first-order valence-corrected chi connectivity index (χ1v) is 31.2. The minimum absolute atomic E-state index is 0.0118. The van der Waals surface area contributed by atoms with Crippen LogP contribution in [0.15, 0.2) is 42.5 Å². The predicted molar refractivity (Wildman–Crippen MR) is 324 cm³/mol. The van der Waals surface area contributed by atoms with E-state index in [2.05, 4.69) is 47.1 Å². The fourth-order valence-corrected chi connectivity index (χ4v) is 11.2. The molecule has 12 atom stereocenters. The van der Waals surface area contributed by atoms with Crippen molar-refractivity contribution < 1.29 is 85.8 Å². The standard InChI is InChI=1S/C58H95N12O18P/c1-15-35(6)52(68(12)58(81)50(33(2)3)66-57(80)51(34(4)5)67(10)11)42(85-13)25-49(77)69-36(7)21-22-40(69)53(86-14)37(8)55(78)65-38(9)54(39-19-17-16-18-20-39)87-32-64-46(74)29-62-44(72)27-60-43(71)28-61-45(73)30-63-56(79)41(26-59-31-88-89(82,83)84)70-47(75)23-24-48(70)76/h16-20,23-24,33-38,40-42,50-54,59H,15,21-22,25-32H2,1-14H3,(H,60,71)(H,61,73)(H,62,72)(H,63,79)(H,64,74)(H,65,78)(H,66,80)(H2,82,83,84)/t35-,36-,37+,38+,40-,41-,42+,50?,51-,52-,53+,54+/m0/s1. The summed E-state index contributed by atoms with van der Waals surface area (Å²) in [6, 6.07) is 4.13. The normalized spacial score (nSPS) is 18.5. The Morgan fingerprint density at radius 2 is 1.26 bits per heavy atom. The molecular formula is C58H95N12O18P. The van der Waals surface area contributed by atoms with Gasteiger partial charge in [-0.2, -0.15) is 0 Å². The molecule has 1 saturated heterocycles. The van der Waals surface area contributed by atoms with E-state index in [0.717, 1.165) is 12.2 Å². The van der Waals surface area contributed by atoms with Crippen LogP contribution >= 0.6 is 7.82 Å². The number of nitrogens with one attached hydrogen (secondary N) is 8. The quantitative estimate of drug-likeness (QED) is 0.0160. The molecule has 31 heteroatoms. The molecule has 0 aromatic heterocycles. The Morgan fingerprint density at radius 1 is 0.708 bits per heavy atom. The van der Waals surface area contributed by atoms with Crippen LogP contribution in [0.3, 0.4) is 0 Å². The number of methoxy groups -OCH3 is 2. The van der Waals surface area contributed by atoms with E-state index in [1.807, 2.05) is 67.5 Å². The maximum Gasteiger partial charge on any atom is 0.470 e. The number of benzene rings is 1. The lowest BCUT2D eigenvalue weighted by atomic mass is 9.89. The van der Waals surface area contributed by atoms with Crippen LogP contribution in [0.5, 0.6) is 0 Å². The molecule has 3 rings (SSSR count). The highest BCUT2D eigenvalue weighted by Crippen LogP contribution is 2.35. The number of rotatable bonds is 38. The zero-order valence-corrected chi connectivity index (χ0v) is 54.5. The Morgan fingerprint density at radius 3 is 1.75 bits per heavy atom. The number of amides is 11. The molecule has 0 radical (unpaired) electrons. The number of likely N-dealkylation sites (N-methyl/N-ethyl adjacent to an activating group) is 2. The lowest BCUT2D eigenvalue weighted by molar-refractivity contribution is -0.149. The van der Waals surface area contributed by atoms with Crippen molar-refractivity contribution in [3.05, 3.63) is 48.0 Å². The molecule has 1 aromatic carbocycles. The van der Waals surface area contributed by atoms with Crippen molar-refractivity contribution in [1.82, 2.24) is 62.1 Å². The van der Waals surface area contributed by atoms with Crippen LogP contribution in [-0.4, -0.2) is 230 Å². The molecule has 1 aromatic rings. The number of ether oxygens (including phenoxy) is 3. The van der Waals surface area contributed by atoms with Gasteiger partial charge in [0, 0.05) is 46.0 Å². The molecule has 1 fully saturated rings. The lowest BCUT2D eigenvalue weighted by Gasteiger charge is -2.41. The van der Waals surface area contributed by atoms with E-state index in [0.29, 0.717) is 29.7 Å². The molecule has 11 amide bonds. The fourth-order valence-electron chi connectivity index (χ4n) is 11.0. The van der Waals surface area contributed by atoms with Crippen LogP contribution in [0.2, 0.25) is 0 Å². The Labute approximate surface area is 521 Å². The van der Waals surface area contributed by atoms with Crippen molar-refractivity contribution in [3.63, 3.8) is 0 Å². The van der Waals surface area contributed by atoms with Crippen LogP contribution in [0, 0.1) is 23.7 Å². The van der Waals surface area contributed by atoms with Gasteiger partial charge in [-0.25, -0.2) is 4.57 Å². The van der Waals surface area contributed by atoms with Gasteiger partial charge in [-0.3, -0.25) is 72.4 Å². The molecule has 30 nitrogen and oxygen atoms in total. The Kier molecular flexibility index (Phi) is 31.6. The van der Waals surface area contributed by atoms with E-state index in [-0.39, 0.29) is 54.7 Å². The molecule has 0 saturated carbocycles. The molecule has 1 unspecified atom stereocenters. The average molecular weight is 1280 g/mol. The summed E-state index contributed by atoms with van der Waals surface area (Å²) in [6.07, 6.45) is 1.30. The number of nitrogens with zero attached hydrogens (tertiary/aromatic N) is 4. The van der Waals surface area contributed by atoms with Crippen LogP contribution in [0.4, 0.5) is 0 Å². The molecule has 0 aliphatic carbocycles. The van der Waals surface area contributed by atoms with Gasteiger partial charge < -0.3 is 71.0 Å². The van der Waals surface area contributed by atoms with Crippen molar-refractivity contribution in [3.8, 4) is 0 Å². The number of carbonyl (C=O) groups excluding carboxylic acids is 11. The highest BCUT2D eigenvalue weighted by atomic mass is 31.2. The van der Waals surface area contributed by atoms with E-state index >= 15 is 0 Å². The number of likely N-dealkylation sites (tertiary alicyclic amines) is 1. The molecule has 500 valence electrons. The summed E-state index contributed by atoms with van der Waals surface area (Å²) in [5.41, 5.74) is 0.666. The third kappa shape index (κ3) is 23.5. The van der Waals surface area contributed by atoms with Gasteiger partial charge in [0.2, 0.25) is 53.2 Å². The first kappa shape index (κ1) is 76.5. The van der Waals surface area contributed by atoms with Crippen molar-refractivity contribution in [2.45, 2.75) is 149 Å². The smallest absolute Gasteiger partial charge is 0.379 e. The molecule has 2 aliphatic heterocycles.